The molecule has 3 aromatic heterocycles. The molecule has 2 N–H and O–H groups in total. The fourth-order valence-electron chi connectivity index (χ4n) is 5.28. The van der Waals surface area contributed by atoms with Crippen molar-refractivity contribution in [2.75, 3.05) is 18.5 Å². The molecule has 4 heterocycles. The number of hydrogen-bond acceptors (Lipinski definition) is 8. The first-order valence-electron chi connectivity index (χ1n) is 14.2. The van der Waals surface area contributed by atoms with Gasteiger partial charge in [0, 0.05) is 40.8 Å². The minimum absolute atomic E-state index is 0.143. The van der Waals surface area contributed by atoms with Gasteiger partial charge in [0.1, 0.15) is 15.6 Å². The van der Waals surface area contributed by atoms with Gasteiger partial charge in [-0.25, -0.2) is 9.59 Å². The fraction of sp³-hybridized carbons (Fsp3) is 0.467. The van der Waals surface area contributed by atoms with E-state index in [-0.39, 0.29) is 19.2 Å². The van der Waals surface area contributed by atoms with Crippen LogP contribution in [-0.4, -0.2) is 52.1 Å². The van der Waals surface area contributed by atoms with E-state index in [1.165, 1.54) is 11.3 Å². The maximum absolute atomic E-state index is 13.0. The molecule has 0 spiro atoms. The van der Waals surface area contributed by atoms with Crippen LogP contribution in [0.4, 0.5) is 9.80 Å². The molecule has 1 aliphatic heterocycles. The lowest BCUT2D eigenvalue weighted by atomic mass is 9.95. The first-order chi connectivity index (χ1) is 20.1. The Morgan fingerprint density at radius 2 is 1.69 bits per heavy atom. The highest BCUT2D eigenvalue weighted by Crippen LogP contribution is 2.39. The standard InChI is InChI=1S/C30H36N4O6S2/c1-5-39-28(37)23-19-10-6-7-11-21(19)41-26(23)32-25(36)24(35)31-16-20-18-12-15-34(29(38)40-30(2,3)4)17-22(18)42-27(20)33-13-8-9-14-33/h8-9,13-14H,5-7,10-12,15-17H2,1-4H3,(H,31,35)(H,32,36). The number of carbonyl (C=O) groups excluding carboxylic acids is 4. The molecule has 5 rings (SSSR count). The lowest BCUT2D eigenvalue weighted by Crippen LogP contribution is -2.40. The second-order valence-electron chi connectivity index (χ2n) is 11.3. The van der Waals surface area contributed by atoms with Crippen molar-refractivity contribution in [3.05, 3.63) is 56.5 Å². The Labute approximate surface area is 253 Å². The molecule has 1 aliphatic carbocycles. The van der Waals surface area contributed by atoms with Crippen molar-refractivity contribution in [3.8, 4) is 5.00 Å². The predicted molar refractivity (Wildman–Crippen MR) is 161 cm³/mol. The van der Waals surface area contributed by atoms with Gasteiger partial charge in [-0.15, -0.1) is 22.7 Å². The minimum Gasteiger partial charge on any atom is -0.462 e. The average molecular weight is 613 g/mol. The molecule has 0 saturated carbocycles. The summed E-state index contributed by atoms with van der Waals surface area (Å²) >= 11 is 2.90. The summed E-state index contributed by atoms with van der Waals surface area (Å²) < 4.78 is 12.8. The summed E-state index contributed by atoms with van der Waals surface area (Å²) in [5.41, 5.74) is 2.68. The van der Waals surface area contributed by atoms with Gasteiger partial charge in [-0.3, -0.25) is 9.59 Å². The van der Waals surface area contributed by atoms with Crippen LogP contribution in [0.25, 0.3) is 5.00 Å². The number of aryl methyl sites for hydroxylation is 1. The maximum Gasteiger partial charge on any atom is 0.410 e. The first kappa shape index (κ1) is 29.8. The second kappa shape index (κ2) is 12.3. The van der Waals surface area contributed by atoms with Crippen molar-refractivity contribution >= 4 is 51.6 Å². The number of rotatable bonds is 6. The van der Waals surface area contributed by atoms with Crippen molar-refractivity contribution in [2.45, 2.75) is 78.5 Å². The summed E-state index contributed by atoms with van der Waals surface area (Å²) in [5, 5.41) is 6.76. The molecule has 224 valence electrons. The summed E-state index contributed by atoms with van der Waals surface area (Å²) in [6, 6.07) is 3.84. The number of aromatic nitrogens is 1. The van der Waals surface area contributed by atoms with E-state index in [9.17, 15) is 19.2 Å². The molecule has 3 amide bonds. The van der Waals surface area contributed by atoms with Gasteiger partial charge >= 0.3 is 23.9 Å². The number of carbonyl (C=O) groups is 4. The summed E-state index contributed by atoms with van der Waals surface area (Å²) in [5.74, 6) is -2.10. The highest BCUT2D eigenvalue weighted by atomic mass is 32.1. The molecule has 0 fully saturated rings. The SMILES string of the molecule is CCOC(=O)c1c(NC(=O)C(=O)NCc2c(-n3cccc3)sc3c2CCN(C(=O)OC(C)(C)C)C3)sc2c1CCCC2. The van der Waals surface area contributed by atoms with Gasteiger partial charge in [0.25, 0.3) is 0 Å². The lowest BCUT2D eigenvalue weighted by molar-refractivity contribution is -0.136. The van der Waals surface area contributed by atoms with Crippen molar-refractivity contribution in [1.82, 2.24) is 14.8 Å². The Balaban J connectivity index is 1.32. The maximum atomic E-state index is 13.0. The number of fused-ring (bicyclic) bond motifs is 2. The van der Waals surface area contributed by atoms with Gasteiger partial charge in [-0.05, 0) is 83.1 Å². The Morgan fingerprint density at radius 1 is 0.952 bits per heavy atom. The van der Waals surface area contributed by atoms with Crippen LogP contribution in [-0.2, 0) is 51.4 Å². The van der Waals surface area contributed by atoms with Crippen LogP contribution in [0.1, 0.15) is 77.3 Å². The summed E-state index contributed by atoms with van der Waals surface area (Å²) in [6.45, 7) is 8.54. The molecule has 10 nitrogen and oxygen atoms in total. The Morgan fingerprint density at radius 3 is 2.40 bits per heavy atom. The summed E-state index contributed by atoms with van der Waals surface area (Å²) in [4.78, 5) is 55.3. The number of hydrogen-bond donors (Lipinski definition) is 2. The van der Waals surface area contributed by atoms with E-state index in [2.05, 4.69) is 10.6 Å². The van der Waals surface area contributed by atoms with Crippen molar-refractivity contribution in [2.24, 2.45) is 0 Å². The third kappa shape index (κ3) is 6.39. The van der Waals surface area contributed by atoms with Crippen LogP contribution in [0.3, 0.4) is 0 Å². The number of ether oxygens (including phenoxy) is 2. The zero-order valence-electron chi connectivity index (χ0n) is 24.3. The van der Waals surface area contributed by atoms with Crippen molar-refractivity contribution < 1.29 is 28.7 Å². The van der Waals surface area contributed by atoms with E-state index >= 15 is 0 Å². The number of esters is 1. The van der Waals surface area contributed by atoms with Gasteiger partial charge in [0.2, 0.25) is 0 Å². The smallest absolute Gasteiger partial charge is 0.410 e. The Hall–Kier alpha value is -3.64. The molecular weight excluding hydrogens is 576 g/mol. The first-order valence-corrected chi connectivity index (χ1v) is 15.8. The van der Waals surface area contributed by atoms with Gasteiger partial charge in [-0.1, -0.05) is 0 Å². The Bertz CT molecular complexity index is 1500. The molecule has 0 aromatic carbocycles. The molecule has 12 heteroatoms. The highest BCUT2D eigenvalue weighted by Gasteiger charge is 2.31. The van der Waals surface area contributed by atoms with E-state index in [1.54, 1.807) is 23.2 Å². The third-order valence-electron chi connectivity index (χ3n) is 7.15. The molecule has 0 unspecified atom stereocenters. The van der Waals surface area contributed by atoms with Crippen LogP contribution in [0.15, 0.2) is 24.5 Å². The van der Waals surface area contributed by atoms with Crippen LogP contribution >= 0.6 is 22.7 Å². The topological polar surface area (TPSA) is 119 Å². The van der Waals surface area contributed by atoms with Crippen molar-refractivity contribution in [3.63, 3.8) is 0 Å². The van der Waals surface area contributed by atoms with E-state index in [0.29, 0.717) is 30.1 Å². The highest BCUT2D eigenvalue weighted by molar-refractivity contribution is 7.17. The summed E-state index contributed by atoms with van der Waals surface area (Å²) in [7, 11) is 0. The normalized spacial score (nSPS) is 14.5. The number of anilines is 1. The van der Waals surface area contributed by atoms with E-state index in [0.717, 1.165) is 57.1 Å². The average Bonchev–Trinajstić information content (AvgIpc) is 3.67. The van der Waals surface area contributed by atoms with Gasteiger partial charge < -0.3 is 29.6 Å². The van der Waals surface area contributed by atoms with Gasteiger partial charge in [0.15, 0.2) is 0 Å². The minimum atomic E-state index is -0.832. The lowest BCUT2D eigenvalue weighted by Gasteiger charge is -2.30. The van der Waals surface area contributed by atoms with Crippen LogP contribution in [0.2, 0.25) is 0 Å². The molecule has 0 atom stereocenters. The second-order valence-corrected chi connectivity index (χ2v) is 13.5. The number of nitrogens with zero attached hydrogens (tertiary/aromatic N) is 2. The largest absolute Gasteiger partial charge is 0.462 e. The molecule has 0 radical (unpaired) electrons. The number of thiophene rings is 2. The van der Waals surface area contributed by atoms with Crippen LogP contribution < -0.4 is 10.6 Å². The fourth-order valence-corrected chi connectivity index (χ4v) is 7.90. The molecule has 3 aromatic rings. The summed E-state index contributed by atoms with van der Waals surface area (Å²) in [6.07, 6.45) is 7.68. The van der Waals surface area contributed by atoms with E-state index in [4.69, 9.17) is 9.47 Å². The molecule has 0 saturated heterocycles. The Kier molecular flexibility index (Phi) is 8.74. The van der Waals surface area contributed by atoms with Crippen LogP contribution in [0, 0.1) is 0 Å². The molecule has 0 bridgehead atoms. The van der Waals surface area contributed by atoms with Crippen LogP contribution in [0.5, 0.6) is 0 Å². The molecular formula is C30H36N4O6S2. The monoisotopic (exact) mass is 612 g/mol. The number of nitrogens with one attached hydrogen (secondary N) is 2. The van der Waals surface area contributed by atoms with Crippen molar-refractivity contribution in [1.29, 1.82) is 0 Å². The van der Waals surface area contributed by atoms with E-state index in [1.807, 2.05) is 49.9 Å². The predicted octanol–water partition coefficient (Wildman–Crippen LogP) is 5.20. The van der Waals surface area contributed by atoms with Gasteiger partial charge in [-0.2, -0.15) is 0 Å². The molecule has 2 aliphatic rings. The quantitative estimate of drug-likeness (QED) is 0.292. The number of amides is 3. The zero-order valence-corrected chi connectivity index (χ0v) is 26.0. The molecule has 42 heavy (non-hydrogen) atoms. The van der Waals surface area contributed by atoms with Gasteiger partial charge in [0.05, 0.1) is 18.7 Å². The van der Waals surface area contributed by atoms with E-state index < -0.39 is 23.4 Å². The zero-order chi connectivity index (χ0) is 30.0. The third-order valence-corrected chi connectivity index (χ3v) is 9.63.